The van der Waals surface area contributed by atoms with E-state index >= 15 is 0 Å². The van der Waals surface area contributed by atoms with E-state index in [0.717, 1.165) is 19.3 Å². The Kier molecular flexibility index (Phi) is 6.22. The first-order chi connectivity index (χ1) is 9.52. The summed E-state index contributed by atoms with van der Waals surface area (Å²) < 4.78 is 0. The molecule has 0 aromatic heterocycles. The monoisotopic (exact) mass is 278 g/mol. The Hall–Kier alpha value is -1.84. The number of unbranched alkanes of at least 4 members (excludes halogenated alkanes) is 2. The van der Waals surface area contributed by atoms with Gasteiger partial charge in [0.05, 0.1) is 5.56 Å². The molecule has 0 heterocycles. The summed E-state index contributed by atoms with van der Waals surface area (Å²) in [6.45, 7) is 3.93. The molecule has 0 amide bonds. The predicted octanol–water partition coefficient (Wildman–Crippen LogP) is 3.84. The molecular weight excluding hydrogens is 256 g/mol. The zero-order valence-corrected chi connectivity index (χ0v) is 12.1. The van der Waals surface area contributed by atoms with E-state index in [4.69, 9.17) is 0 Å². The van der Waals surface area contributed by atoms with Crippen LogP contribution >= 0.6 is 0 Å². The van der Waals surface area contributed by atoms with Gasteiger partial charge >= 0.3 is 0 Å². The molecule has 0 saturated carbocycles. The van der Waals surface area contributed by atoms with E-state index in [2.05, 4.69) is 0 Å². The normalized spacial score (nSPS) is 10.5. The van der Waals surface area contributed by atoms with Crippen LogP contribution in [0.5, 0.6) is 11.5 Å². The molecule has 1 aromatic rings. The van der Waals surface area contributed by atoms with Gasteiger partial charge in [0.1, 0.15) is 17.1 Å². The van der Waals surface area contributed by atoms with Crippen molar-refractivity contribution >= 4 is 11.6 Å². The fourth-order valence-corrected chi connectivity index (χ4v) is 2.01. The molecular formula is C16H22O4. The van der Waals surface area contributed by atoms with Gasteiger partial charge in [0, 0.05) is 12.8 Å². The number of ketones is 2. The number of carbonyl (C=O) groups is 2. The van der Waals surface area contributed by atoms with Crippen molar-refractivity contribution in [3.8, 4) is 11.5 Å². The minimum atomic E-state index is -0.382. The number of phenolic OH excluding ortho intramolecular Hbond substituents is 2. The third-order valence-electron chi connectivity index (χ3n) is 3.25. The van der Waals surface area contributed by atoms with Crippen LogP contribution in [0.4, 0.5) is 0 Å². The Labute approximate surface area is 119 Å². The maximum atomic E-state index is 12.0. The van der Waals surface area contributed by atoms with E-state index in [0.29, 0.717) is 12.8 Å². The molecule has 0 spiro atoms. The number of aromatic hydroxyl groups is 2. The van der Waals surface area contributed by atoms with Crippen molar-refractivity contribution in [2.45, 2.75) is 52.4 Å². The molecule has 2 N–H and O–H groups in total. The molecule has 0 aliphatic rings. The minimum absolute atomic E-state index is 0.121. The van der Waals surface area contributed by atoms with Gasteiger partial charge in [0.15, 0.2) is 11.6 Å². The number of phenols is 2. The first-order valence-electron chi connectivity index (χ1n) is 7.14. The van der Waals surface area contributed by atoms with Crippen molar-refractivity contribution < 1.29 is 19.8 Å². The van der Waals surface area contributed by atoms with E-state index in [9.17, 15) is 19.8 Å². The molecule has 20 heavy (non-hydrogen) atoms. The first kappa shape index (κ1) is 16.2. The topological polar surface area (TPSA) is 74.6 Å². The second-order valence-electron chi connectivity index (χ2n) is 4.91. The fraction of sp³-hybridized carbons (Fsp3) is 0.500. The standard InChI is InChI=1S/C16H22O4/c1-3-5-7-12(17)11-9-10-14(19)15(16(11)20)13(18)8-6-4-2/h9-10,19-20H,3-8H2,1-2H3. The molecule has 1 aromatic carbocycles. The minimum Gasteiger partial charge on any atom is -0.507 e. The smallest absolute Gasteiger partial charge is 0.170 e. The lowest BCUT2D eigenvalue weighted by Crippen LogP contribution is -2.05. The predicted molar refractivity (Wildman–Crippen MR) is 77.5 cm³/mol. The zero-order valence-electron chi connectivity index (χ0n) is 12.1. The summed E-state index contributed by atoms with van der Waals surface area (Å²) in [7, 11) is 0. The quantitative estimate of drug-likeness (QED) is 0.708. The average molecular weight is 278 g/mol. The second kappa shape index (κ2) is 7.68. The molecule has 4 heteroatoms. The Bertz CT molecular complexity index is 491. The van der Waals surface area contributed by atoms with Crippen LogP contribution < -0.4 is 0 Å². The van der Waals surface area contributed by atoms with Crippen molar-refractivity contribution in [3.05, 3.63) is 23.3 Å². The van der Waals surface area contributed by atoms with Gasteiger partial charge in [-0.3, -0.25) is 9.59 Å². The summed E-state index contributed by atoms with van der Waals surface area (Å²) in [5.74, 6) is -1.18. The molecule has 0 aliphatic carbocycles. The van der Waals surface area contributed by atoms with Crippen LogP contribution in [0.15, 0.2) is 12.1 Å². The number of rotatable bonds is 8. The van der Waals surface area contributed by atoms with Gasteiger partial charge in [-0.2, -0.15) is 0 Å². The lowest BCUT2D eigenvalue weighted by molar-refractivity contribution is 0.0973. The van der Waals surface area contributed by atoms with E-state index < -0.39 is 0 Å². The Balaban J connectivity index is 3.06. The third-order valence-corrected chi connectivity index (χ3v) is 3.25. The lowest BCUT2D eigenvalue weighted by Gasteiger charge is -2.10. The fourth-order valence-electron chi connectivity index (χ4n) is 2.01. The van der Waals surface area contributed by atoms with Gasteiger partial charge in [0.2, 0.25) is 0 Å². The van der Waals surface area contributed by atoms with Crippen molar-refractivity contribution in [2.75, 3.05) is 0 Å². The van der Waals surface area contributed by atoms with Crippen LogP contribution in [-0.4, -0.2) is 21.8 Å². The second-order valence-corrected chi connectivity index (χ2v) is 4.91. The largest absolute Gasteiger partial charge is 0.507 e. The Morgan fingerprint density at radius 2 is 1.50 bits per heavy atom. The zero-order chi connectivity index (χ0) is 15.1. The summed E-state index contributed by atoms with van der Waals surface area (Å²) in [5.41, 5.74) is -0.00287. The van der Waals surface area contributed by atoms with Gasteiger partial charge in [0.25, 0.3) is 0 Å². The summed E-state index contributed by atoms with van der Waals surface area (Å²) in [5, 5.41) is 19.9. The molecule has 0 unspecified atom stereocenters. The van der Waals surface area contributed by atoms with Crippen LogP contribution in [0.3, 0.4) is 0 Å². The summed E-state index contributed by atoms with van der Waals surface area (Å²) in [6.07, 6.45) is 3.74. The molecule has 0 fully saturated rings. The number of benzene rings is 1. The number of carbonyl (C=O) groups excluding carboxylic acids is 2. The molecule has 0 radical (unpaired) electrons. The first-order valence-corrected chi connectivity index (χ1v) is 7.14. The third kappa shape index (κ3) is 3.83. The van der Waals surface area contributed by atoms with Crippen LogP contribution in [-0.2, 0) is 0 Å². The maximum absolute atomic E-state index is 12.0. The molecule has 110 valence electrons. The molecule has 0 saturated heterocycles. The summed E-state index contributed by atoms with van der Waals surface area (Å²) >= 11 is 0. The van der Waals surface area contributed by atoms with Crippen molar-refractivity contribution in [2.24, 2.45) is 0 Å². The van der Waals surface area contributed by atoms with Crippen LogP contribution in [0.2, 0.25) is 0 Å². The van der Waals surface area contributed by atoms with Crippen LogP contribution in [0, 0.1) is 0 Å². The van der Waals surface area contributed by atoms with Crippen molar-refractivity contribution in [3.63, 3.8) is 0 Å². The van der Waals surface area contributed by atoms with Crippen LogP contribution in [0.25, 0.3) is 0 Å². The van der Waals surface area contributed by atoms with E-state index in [-0.39, 0.29) is 40.6 Å². The van der Waals surface area contributed by atoms with E-state index in [1.165, 1.54) is 12.1 Å². The Morgan fingerprint density at radius 3 is 2.05 bits per heavy atom. The van der Waals surface area contributed by atoms with Crippen molar-refractivity contribution in [1.29, 1.82) is 0 Å². The van der Waals surface area contributed by atoms with Gasteiger partial charge in [-0.15, -0.1) is 0 Å². The lowest BCUT2D eigenvalue weighted by atomic mass is 9.97. The van der Waals surface area contributed by atoms with Gasteiger partial charge in [-0.05, 0) is 25.0 Å². The van der Waals surface area contributed by atoms with Crippen LogP contribution in [0.1, 0.15) is 73.1 Å². The molecule has 1 rings (SSSR count). The van der Waals surface area contributed by atoms with E-state index in [1.54, 1.807) is 0 Å². The van der Waals surface area contributed by atoms with Gasteiger partial charge in [-0.25, -0.2) is 0 Å². The summed E-state index contributed by atoms with van der Waals surface area (Å²) in [6, 6.07) is 2.68. The SMILES string of the molecule is CCCCC(=O)c1ccc(O)c(C(=O)CCCC)c1O. The highest BCUT2D eigenvalue weighted by molar-refractivity contribution is 6.07. The van der Waals surface area contributed by atoms with Gasteiger partial charge < -0.3 is 10.2 Å². The van der Waals surface area contributed by atoms with Crippen molar-refractivity contribution in [1.82, 2.24) is 0 Å². The number of hydrogen-bond acceptors (Lipinski definition) is 4. The summed E-state index contributed by atoms with van der Waals surface area (Å²) in [4.78, 5) is 24.0. The maximum Gasteiger partial charge on any atom is 0.170 e. The highest BCUT2D eigenvalue weighted by Crippen LogP contribution is 2.33. The highest BCUT2D eigenvalue weighted by atomic mass is 16.3. The van der Waals surface area contributed by atoms with E-state index in [1.807, 2.05) is 13.8 Å². The van der Waals surface area contributed by atoms with Gasteiger partial charge in [-0.1, -0.05) is 26.7 Å². The number of hydrogen-bond donors (Lipinski definition) is 2. The number of Topliss-reactive ketones (excluding diaryl/α,β-unsaturated/α-hetero) is 2. The molecule has 0 bridgehead atoms. The molecule has 4 nitrogen and oxygen atoms in total. The highest BCUT2D eigenvalue weighted by Gasteiger charge is 2.21. The molecule has 0 aliphatic heterocycles. The Morgan fingerprint density at radius 1 is 0.950 bits per heavy atom. The average Bonchev–Trinajstić information content (AvgIpc) is 2.42. The molecule has 0 atom stereocenters.